The average molecular weight is 198 g/mol. The molecule has 14 heavy (non-hydrogen) atoms. The molecular formula is C10H15FN2O. The molecule has 3 nitrogen and oxygen atoms in total. The molecule has 1 unspecified atom stereocenters. The normalized spacial score (nSPS) is 12.9. The van der Waals surface area contributed by atoms with Crippen LogP contribution in [0, 0.1) is 5.82 Å². The second-order valence-electron chi connectivity index (χ2n) is 3.12. The van der Waals surface area contributed by atoms with Crippen molar-refractivity contribution < 1.29 is 9.13 Å². The molecule has 0 aliphatic carbocycles. The second-order valence-corrected chi connectivity index (χ2v) is 3.12. The zero-order chi connectivity index (χ0) is 10.6. The zero-order valence-electron chi connectivity index (χ0n) is 8.16. The summed E-state index contributed by atoms with van der Waals surface area (Å²) < 4.78 is 18.2. The van der Waals surface area contributed by atoms with Gasteiger partial charge in [0.05, 0.1) is 12.6 Å². The Labute approximate surface area is 82.9 Å². The van der Waals surface area contributed by atoms with E-state index >= 15 is 0 Å². The van der Waals surface area contributed by atoms with Crippen LogP contribution in [0.4, 0.5) is 4.39 Å². The number of hydrogen-bond acceptors (Lipinski definition) is 3. The summed E-state index contributed by atoms with van der Waals surface area (Å²) in [6, 6.07) is 4.54. The van der Waals surface area contributed by atoms with Crippen molar-refractivity contribution in [1.82, 2.24) is 0 Å². The number of ether oxygens (including phenoxy) is 1. The lowest BCUT2D eigenvalue weighted by Crippen LogP contribution is -2.16. The summed E-state index contributed by atoms with van der Waals surface area (Å²) in [7, 11) is 1.56. The molecule has 4 heteroatoms. The minimum Gasteiger partial charge on any atom is -0.383 e. The minimum absolute atomic E-state index is 0.200. The highest BCUT2D eigenvalue weighted by atomic mass is 19.1. The van der Waals surface area contributed by atoms with Gasteiger partial charge >= 0.3 is 0 Å². The highest BCUT2D eigenvalue weighted by Gasteiger charge is 2.08. The zero-order valence-corrected chi connectivity index (χ0v) is 8.16. The Morgan fingerprint density at radius 2 is 2.21 bits per heavy atom. The molecule has 0 bridgehead atoms. The van der Waals surface area contributed by atoms with Crippen molar-refractivity contribution >= 4 is 0 Å². The van der Waals surface area contributed by atoms with Gasteiger partial charge in [-0.3, -0.25) is 0 Å². The third kappa shape index (κ3) is 2.51. The van der Waals surface area contributed by atoms with E-state index in [4.69, 9.17) is 16.2 Å². The van der Waals surface area contributed by atoms with Crippen molar-refractivity contribution in [3.05, 3.63) is 35.1 Å². The van der Waals surface area contributed by atoms with Gasteiger partial charge in [-0.1, -0.05) is 12.1 Å². The first-order valence-electron chi connectivity index (χ1n) is 4.42. The number of methoxy groups -OCH3 is 1. The summed E-state index contributed by atoms with van der Waals surface area (Å²) in [5.74, 6) is -0.309. The molecule has 0 aliphatic heterocycles. The SMILES string of the molecule is COCC(N)c1ccc(CN)c(F)c1. The van der Waals surface area contributed by atoms with Crippen LogP contribution in [-0.4, -0.2) is 13.7 Å². The summed E-state index contributed by atoms with van der Waals surface area (Å²) in [5.41, 5.74) is 12.3. The molecule has 0 radical (unpaired) electrons. The summed E-state index contributed by atoms with van der Waals surface area (Å²) in [6.07, 6.45) is 0. The Morgan fingerprint density at radius 1 is 1.50 bits per heavy atom. The molecule has 0 amide bonds. The quantitative estimate of drug-likeness (QED) is 0.756. The van der Waals surface area contributed by atoms with Gasteiger partial charge in [0, 0.05) is 19.2 Å². The first kappa shape index (κ1) is 11.1. The Kier molecular flexibility index (Phi) is 4.00. The molecule has 0 fully saturated rings. The largest absolute Gasteiger partial charge is 0.383 e. The molecule has 0 aromatic heterocycles. The molecule has 1 aromatic carbocycles. The highest BCUT2D eigenvalue weighted by Crippen LogP contribution is 2.15. The standard InChI is InChI=1S/C10H15FN2O/c1-14-6-10(13)7-2-3-8(5-12)9(11)4-7/h2-4,10H,5-6,12-13H2,1H3. The van der Waals surface area contributed by atoms with E-state index in [9.17, 15) is 4.39 Å². The van der Waals surface area contributed by atoms with Crippen LogP contribution in [0.3, 0.4) is 0 Å². The van der Waals surface area contributed by atoms with Gasteiger partial charge in [0.1, 0.15) is 5.82 Å². The van der Waals surface area contributed by atoms with Crippen LogP contribution in [-0.2, 0) is 11.3 Å². The van der Waals surface area contributed by atoms with Crippen LogP contribution in [0.15, 0.2) is 18.2 Å². The third-order valence-corrected chi connectivity index (χ3v) is 2.07. The Hall–Kier alpha value is -0.970. The molecular weight excluding hydrogens is 183 g/mol. The van der Waals surface area contributed by atoms with E-state index in [1.165, 1.54) is 6.07 Å². The fraction of sp³-hybridized carbons (Fsp3) is 0.400. The number of halogens is 1. The van der Waals surface area contributed by atoms with Crippen molar-refractivity contribution in [3.63, 3.8) is 0 Å². The molecule has 78 valence electrons. The Morgan fingerprint density at radius 3 is 2.71 bits per heavy atom. The van der Waals surface area contributed by atoms with Crippen LogP contribution in [0.5, 0.6) is 0 Å². The molecule has 0 heterocycles. The summed E-state index contributed by atoms with van der Waals surface area (Å²) in [4.78, 5) is 0. The van der Waals surface area contributed by atoms with Gasteiger partial charge in [0.25, 0.3) is 0 Å². The van der Waals surface area contributed by atoms with Crippen LogP contribution in [0.1, 0.15) is 17.2 Å². The first-order valence-corrected chi connectivity index (χ1v) is 4.42. The van der Waals surface area contributed by atoms with Crippen molar-refractivity contribution in [1.29, 1.82) is 0 Å². The van der Waals surface area contributed by atoms with Crippen LogP contribution >= 0.6 is 0 Å². The van der Waals surface area contributed by atoms with Crippen molar-refractivity contribution in [2.75, 3.05) is 13.7 Å². The van der Waals surface area contributed by atoms with E-state index in [1.807, 2.05) is 0 Å². The summed E-state index contributed by atoms with van der Waals surface area (Å²) >= 11 is 0. The van der Waals surface area contributed by atoms with E-state index in [1.54, 1.807) is 19.2 Å². The second kappa shape index (κ2) is 5.05. The first-order chi connectivity index (χ1) is 6.69. The molecule has 0 aliphatic rings. The molecule has 0 spiro atoms. The van der Waals surface area contributed by atoms with Gasteiger partial charge < -0.3 is 16.2 Å². The van der Waals surface area contributed by atoms with Crippen molar-refractivity contribution in [2.45, 2.75) is 12.6 Å². The van der Waals surface area contributed by atoms with E-state index in [-0.39, 0.29) is 18.4 Å². The fourth-order valence-corrected chi connectivity index (χ4v) is 1.24. The van der Waals surface area contributed by atoms with Crippen LogP contribution in [0.2, 0.25) is 0 Å². The predicted molar refractivity (Wildman–Crippen MR) is 53.1 cm³/mol. The lowest BCUT2D eigenvalue weighted by molar-refractivity contribution is 0.181. The summed E-state index contributed by atoms with van der Waals surface area (Å²) in [6.45, 7) is 0.576. The van der Waals surface area contributed by atoms with Gasteiger partial charge in [-0.15, -0.1) is 0 Å². The molecule has 1 atom stereocenters. The summed E-state index contributed by atoms with van der Waals surface area (Å²) in [5, 5.41) is 0. The maximum absolute atomic E-state index is 13.3. The fourth-order valence-electron chi connectivity index (χ4n) is 1.24. The maximum atomic E-state index is 13.3. The van der Waals surface area contributed by atoms with Gasteiger partial charge in [-0.25, -0.2) is 4.39 Å². The molecule has 4 N–H and O–H groups in total. The smallest absolute Gasteiger partial charge is 0.128 e. The van der Waals surface area contributed by atoms with Crippen molar-refractivity contribution in [2.24, 2.45) is 11.5 Å². The minimum atomic E-state index is -0.309. The lowest BCUT2D eigenvalue weighted by atomic mass is 10.1. The molecule has 0 saturated heterocycles. The Balaban J connectivity index is 2.85. The van der Waals surface area contributed by atoms with Gasteiger partial charge in [-0.2, -0.15) is 0 Å². The molecule has 1 aromatic rings. The van der Waals surface area contributed by atoms with Crippen molar-refractivity contribution in [3.8, 4) is 0 Å². The van der Waals surface area contributed by atoms with E-state index in [2.05, 4.69) is 0 Å². The van der Waals surface area contributed by atoms with Gasteiger partial charge in [-0.05, 0) is 11.6 Å². The molecule has 0 saturated carbocycles. The average Bonchev–Trinajstić information content (AvgIpc) is 2.18. The van der Waals surface area contributed by atoms with E-state index < -0.39 is 0 Å². The van der Waals surface area contributed by atoms with Crippen LogP contribution < -0.4 is 11.5 Å². The number of nitrogens with two attached hydrogens (primary N) is 2. The van der Waals surface area contributed by atoms with Gasteiger partial charge in [0.15, 0.2) is 0 Å². The molecule has 1 rings (SSSR count). The maximum Gasteiger partial charge on any atom is 0.128 e. The topological polar surface area (TPSA) is 61.3 Å². The van der Waals surface area contributed by atoms with E-state index in [0.717, 1.165) is 5.56 Å². The predicted octanol–water partition coefficient (Wildman–Crippen LogP) is 0.931. The third-order valence-electron chi connectivity index (χ3n) is 2.07. The van der Waals surface area contributed by atoms with E-state index in [0.29, 0.717) is 12.2 Å². The van der Waals surface area contributed by atoms with Crippen LogP contribution in [0.25, 0.3) is 0 Å². The Bertz CT molecular complexity index is 304. The monoisotopic (exact) mass is 198 g/mol. The lowest BCUT2D eigenvalue weighted by Gasteiger charge is -2.11. The van der Waals surface area contributed by atoms with Gasteiger partial charge in [0.2, 0.25) is 0 Å². The number of rotatable bonds is 4. The highest BCUT2D eigenvalue weighted by molar-refractivity contribution is 5.26. The number of benzene rings is 1. The number of hydrogen-bond donors (Lipinski definition) is 2.